The molecule has 1 aliphatic rings. The Labute approximate surface area is 85.5 Å². The zero-order valence-corrected chi connectivity index (χ0v) is 8.87. The molecule has 1 aromatic heterocycles. The fraction of sp³-hybridized carbons (Fsp3) is 0.727. The summed E-state index contributed by atoms with van der Waals surface area (Å²) < 4.78 is 2.24. The molecule has 2 rings (SSSR count). The Morgan fingerprint density at radius 2 is 2.43 bits per heavy atom. The molecule has 0 saturated heterocycles. The van der Waals surface area contributed by atoms with Crippen molar-refractivity contribution in [2.45, 2.75) is 39.2 Å². The summed E-state index contributed by atoms with van der Waals surface area (Å²) in [5, 5.41) is 3.38. The van der Waals surface area contributed by atoms with Crippen LogP contribution >= 0.6 is 0 Å². The normalized spacial score (nSPS) is 15.8. The first-order chi connectivity index (χ1) is 6.90. The molecule has 1 heterocycles. The van der Waals surface area contributed by atoms with Gasteiger partial charge in [0, 0.05) is 25.5 Å². The molecule has 1 N–H and O–H groups in total. The lowest BCUT2D eigenvalue weighted by Crippen LogP contribution is -2.09. The summed E-state index contributed by atoms with van der Waals surface area (Å²) in [5.74, 6) is 1.96. The molecule has 0 aliphatic heterocycles. The third-order valence-electron chi connectivity index (χ3n) is 2.68. The second-order valence-corrected chi connectivity index (χ2v) is 4.13. The summed E-state index contributed by atoms with van der Waals surface area (Å²) in [6.45, 7) is 4.39. The first-order valence-corrected chi connectivity index (χ1v) is 5.65. The van der Waals surface area contributed by atoms with Crippen LogP contribution in [0.1, 0.15) is 32.6 Å². The summed E-state index contributed by atoms with van der Waals surface area (Å²) in [6.07, 6.45) is 9.20. The largest absolute Gasteiger partial charge is 0.356 e. The van der Waals surface area contributed by atoms with E-state index in [0.29, 0.717) is 0 Å². The van der Waals surface area contributed by atoms with Crippen molar-refractivity contribution in [1.82, 2.24) is 9.55 Å². The Morgan fingerprint density at radius 3 is 3.14 bits per heavy atom. The molecule has 0 amide bonds. The monoisotopic (exact) mass is 193 g/mol. The average molecular weight is 193 g/mol. The predicted molar refractivity (Wildman–Crippen MR) is 58.3 cm³/mol. The number of nitrogens with one attached hydrogen (secondary N) is 1. The molecule has 3 nitrogen and oxygen atoms in total. The first kappa shape index (κ1) is 9.56. The Morgan fingerprint density at radius 1 is 1.57 bits per heavy atom. The van der Waals surface area contributed by atoms with Gasteiger partial charge in [-0.15, -0.1) is 0 Å². The molecule has 1 saturated carbocycles. The minimum absolute atomic E-state index is 0.913. The van der Waals surface area contributed by atoms with Crippen LogP contribution in [-0.4, -0.2) is 16.1 Å². The topological polar surface area (TPSA) is 29.9 Å². The molecule has 0 spiro atoms. The highest BCUT2D eigenvalue weighted by Crippen LogP contribution is 2.31. The smallest absolute Gasteiger partial charge is 0.202 e. The maximum atomic E-state index is 4.32. The van der Waals surface area contributed by atoms with Crippen LogP contribution in [0.5, 0.6) is 0 Å². The number of rotatable bonds is 6. The lowest BCUT2D eigenvalue weighted by Gasteiger charge is -2.08. The van der Waals surface area contributed by atoms with Crippen molar-refractivity contribution in [2.75, 3.05) is 11.9 Å². The van der Waals surface area contributed by atoms with Crippen molar-refractivity contribution in [3.05, 3.63) is 12.4 Å². The van der Waals surface area contributed by atoms with Crippen LogP contribution in [0.15, 0.2) is 12.4 Å². The highest BCUT2D eigenvalue weighted by Gasteiger charge is 2.22. The Balaban J connectivity index is 1.84. The van der Waals surface area contributed by atoms with E-state index < -0.39 is 0 Å². The van der Waals surface area contributed by atoms with E-state index in [1.165, 1.54) is 25.7 Å². The van der Waals surface area contributed by atoms with Crippen molar-refractivity contribution < 1.29 is 0 Å². The maximum absolute atomic E-state index is 4.32. The minimum atomic E-state index is 0.913. The van der Waals surface area contributed by atoms with Gasteiger partial charge in [-0.2, -0.15) is 0 Å². The first-order valence-electron chi connectivity index (χ1n) is 5.65. The van der Waals surface area contributed by atoms with Crippen LogP contribution < -0.4 is 5.32 Å². The van der Waals surface area contributed by atoms with Gasteiger partial charge in [0.1, 0.15) is 0 Å². The van der Waals surface area contributed by atoms with E-state index in [2.05, 4.69) is 28.0 Å². The highest BCUT2D eigenvalue weighted by molar-refractivity contribution is 5.25. The number of unbranched alkanes of at least 4 members (excludes halogenated alkanes) is 1. The summed E-state index contributed by atoms with van der Waals surface area (Å²) in [5.41, 5.74) is 0. The predicted octanol–water partition coefficient (Wildman–Crippen LogP) is 2.51. The average Bonchev–Trinajstić information content (AvgIpc) is 2.88. The van der Waals surface area contributed by atoms with Crippen molar-refractivity contribution >= 4 is 5.95 Å². The van der Waals surface area contributed by atoms with Gasteiger partial charge in [-0.3, -0.25) is 0 Å². The molecule has 0 aromatic carbocycles. The fourth-order valence-corrected chi connectivity index (χ4v) is 1.58. The minimum Gasteiger partial charge on any atom is -0.356 e. The van der Waals surface area contributed by atoms with E-state index in [1.54, 1.807) is 0 Å². The van der Waals surface area contributed by atoms with Crippen LogP contribution in [0.25, 0.3) is 0 Å². The lowest BCUT2D eigenvalue weighted by molar-refractivity contribution is 0.629. The highest BCUT2D eigenvalue weighted by atomic mass is 15.2. The van der Waals surface area contributed by atoms with E-state index in [1.807, 2.05) is 6.20 Å². The molecule has 78 valence electrons. The van der Waals surface area contributed by atoms with Gasteiger partial charge >= 0.3 is 0 Å². The van der Waals surface area contributed by atoms with Crippen molar-refractivity contribution in [2.24, 2.45) is 5.92 Å². The second kappa shape index (κ2) is 4.49. The van der Waals surface area contributed by atoms with Gasteiger partial charge in [0.25, 0.3) is 0 Å². The summed E-state index contributed by atoms with van der Waals surface area (Å²) >= 11 is 0. The molecule has 1 fully saturated rings. The number of aromatic nitrogens is 2. The van der Waals surface area contributed by atoms with Gasteiger partial charge in [-0.25, -0.2) is 4.98 Å². The van der Waals surface area contributed by atoms with E-state index >= 15 is 0 Å². The fourth-order valence-electron chi connectivity index (χ4n) is 1.58. The molecular weight excluding hydrogens is 174 g/mol. The van der Waals surface area contributed by atoms with E-state index in [4.69, 9.17) is 0 Å². The third-order valence-corrected chi connectivity index (χ3v) is 2.68. The number of hydrogen-bond acceptors (Lipinski definition) is 2. The molecule has 0 radical (unpaired) electrons. The van der Waals surface area contributed by atoms with Crippen LogP contribution in [0.2, 0.25) is 0 Å². The maximum Gasteiger partial charge on any atom is 0.202 e. The van der Waals surface area contributed by atoms with E-state index in [-0.39, 0.29) is 0 Å². The Hall–Kier alpha value is -0.990. The van der Waals surface area contributed by atoms with E-state index in [9.17, 15) is 0 Å². The standard InChI is InChI=1S/C11H19N3/c1-2-3-6-12-11-13-7-8-14(11)9-10-4-5-10/h7-8,10H,2-6,9H2,1H3,(H,12,13). The van der Waals surface area contributed by atoms with Gasteiger partial charge in [0.15, 0.2) is 0 Å². The number of nitrogens with zero attached hydrogens (tertiary/aromatic N) is 2. The SMILES string of the molecule is CCCCNc1nccn1CC1CC1. The van der Waals surface area contributed by atoms with Gasteiger partial charge in [-0.05, 0) is 25.2 Å². The van der Waals surface area contributed by atoms with Crippen LogP contribution in [0.3, 0.4) is 0 Å². The molecule has 3 heteroatoms. The second-order valence-electron chi connectivity index (χ2n) is 4.13. The number of hydrogen-bond donors (Lipinski definition) is 1. The summed E-state index contributed by atoms with van der Waals surface area (Å²) in [6, 6.07) is 0. The van der Waals surface area contributed by atoms with Crippen molar-refractivity contribution in [1.29, 1.82) is 0 Å². The number of anilines is 1. The Bertz CT molecular complexity index is 276. The van der Waals surface area contributed by atoms with E-state index in [0.717, 1.165) is 25.0 Å². The van der Waals surface area contributed by atoms with Gasteiger partial charge < -0.3 is 9.88 Å². The number of imidazole rings is 1. The Kier molecular flexibility index (Phi) is 3.07. The van der Waals surface area contributed by atoms with Gasteiger partial charge in [0.2, 0.25) is 5.95 Å². The third kappa shape index (κ3) is 2.50. The van der Waals surface area contributed by atoms with Crippen LogP contribution in [-0.2, 0) is 6.54 Å². The van der Waals surface area contributed by atoms with Crippen molar-refractivity contribution in [3.8, 4) is 0 Å². The summed E-state index contributed by atoms with van der Waals surface area (Å²) in [4.78, 5) is 4.32. The van der Waals surface area contributed by atoms with Gasteiger partial charge in [-0.1, -0.05) is 13.3 Å². The molecule has 14 heavy (non-hydrogen) atoms. The molecule has 1 aromatic rings. The zero-order chi connectivity index (χ0) is 9.80. The summed E-state index contributed by atoms with van der Waals surface area (Å²) in [7, 11) is 0. The molecular formula is C11H19N3. The zero-order valence-electron chi connectivity index (χ0n) is 8.87. The quantitative estimate of drug-likeness (QED) is 0.703. The molecule has 0 unspecified atom stereocenters. The molecule has 0 bridgehead atoms. The van der Waals surface area contributed by atoms with Crippen LogP contribution in [0, 0.1) is 5.92 Å². The molecule has 0 atom stereocenters. The van der Waals surface area contributed by atoms with Crippen LogP contribution in [0.4, 0.5) is 5.95 Å². The molecule has 1 aliphatic carbocycles. The van der Waals surface area contributed by atoms with Gasteiger partial charge in [0.05, 0.1) is 0 Å². The lowest BCUT2D eigenvalue weighted by atomic mass is 10.3. The van der Waals surface area contributed by atoms with Crippen molar-refractivity contribution in [3.63, 3.8) is 0 Å².